The summed E-state index contributed by atoms with van der Waals surface area (Å²) >= 11 is 0. The smallest absolute Gasteiger partial charge is 0.416 e. The van der Waals surface area contributed by atoms with E-state index in [-0.39, 0.29) is 28.6 Å². The van der Waals surface area contributed by atoms with Crippen LogP contribution in [0.1, 0.15) is 39.3 Å². The van der Waals surface area contributed by atoms with Crippen molar-refractivity contribution in [2.24, 2.45) is 0 Å². The minimum Gasteiger partial charge on any atom is -0.478 e. The summed E-state index contributed by atoms with van der Waals surface area (Å²) in [6, 6.07) is 8.90. The molecule has 1 heterocycles. The second-order valence-electron chi connectivity index (χ2n) is 8.86. The maximum absolute atomic E-state index is 13.0. The number of aliphatic hydroxyl groups excluding tert-OH is 1. The van der Waals surface area contributed by atoms with Gasteiger partial charge in [-0.15, -0.1) is 0 Å². The van der Waals surface area contributed by atoms with Crippen LogP contribution < -0.4 is 5.32 Å². The van der Waals surface area contributed by atoms with Crippen LogP contribution in [-0.4, -0.2) is 52.3 Å². The largest absolute Gasteiger partial charge is 0.478 e. The molecule has 0 bridgehead atoms. The van der Waals surface area contributed by atoms with Crippen molar-refractivity contribution in [3.05, 3.63) is 89.2 Å². The topological polar surface area (TPSA) is 126 Å². The highest BCUT2D eigenvalue weighted by molar-refractivity contribution is 6.07. The van der Waals surface area contributed by atoms with Crippen LogP contribution in [0.15, 0.2) is 72.3 Å². The Morgan fingerprint density at radius 2 is 1.79 bits per heavy atom. The van der Waals surface area contributed by atoms with Crippen LogP contribution in [0.2, 0.25) is 0 Å². The Hall–Kier alpha value is -4.51. The van der Waals surface area contributed by atoms with Gasteiger partial charge in [0.05, 0.1) is 29.9 Å². The van der Waals surface area contributed by atoms with E-state index in [1.165, 1.54) is 31.4 Å². The third kappa shape index (κ3) is 6.32. The summed E-state index contributed by atoms with van der Waals surface area (Å²) in [4.78, 5) is 41.7. The Kier molecular flexibility index (Phi) is 7.82. The number of ether oxygens (including phenoxy) is 1. The molecule has 0 saturated carbocycles. The van der Waals surface area contributed by atoms with Gasteiger partial charge in [0.1, 0.15) is 11.7 Å². The van der Waals surface area contributed by atoms with Gasteiger partial charge in [0.2, 0.25) is 0 Å². The Labute approximate surface area is 220 Å². The average Bonchev–Trinajstić information content (AvgIpc) is 2.91. The molecule has 0 radical (unpaired) electrons. The van der Waals surface area contributed by atoms with E-state index in [4.69, 9.17) is 4.74 Å². The van der Waals surface area contributed by atoms with E-state index >= 15 is 0 Å². The van der Waals surface area contributed by atoms with Gasteiger partial charge in [0.25, 0.3) is 5.91 Å². The van der Waals surface area contributed by atoms with Crippen molar-refractivity contribution in [3.8, 4) is 11.1 Å². The van der Waals surface area contributed by atoms with E-state index in [0.717, 1.165) is 18.2 Å². The van der Waals surface area contributed by atoms with Gasteiger partial charge in [0, 0.05) is 11.8 Å². The zero-order valence-electron chi connectivity index (χ0n) is 20.5. The summed E-state index contributed by atoms with van der Waals surface area (Å²) in [6.45, 7) is 0. The number of hydrogen-bond acceptors (Lipinski definition) is 6. The third-order valence-electron chi connectivity index (χ3n) is 6.20. The van der Waals surface area contributed by atoms with Crippen molar-refractivity contribution in [2.75, 3.05) is 7.11 Å². The molecule has 2 aromatic carbocycles. The number of carbonyl (C=O) groups is 3. The number of carboxylic acids is 1. The number of aromatic carboxylic acids is 1. The van der Waals surface area contributed by atoms with Gasteiger partial charge in [0.15, 0.2) is 0 Å². The van der Waals surface area contributed by atoms with Crippen LogP contribution >= 0.6 is 0 Å². The van der Waals surface area contributed by atoms with Gasteiger partial charge >= 0.3 is 18.1 Å². The Morgan fingerprint density at radius 3 is 2.38 bits per heavy atom. The van der Waals surface area contributed by atoms with Crippen molar-refractivity contribution in [2.45, 2.75) is 31.2 Å². The second-order valence-corrected chi connectivity index (χ2v) is 8.86. The van der Waals surface area contributed by atoms with Crippen LogP contribution in [0.25, 0.3) is 22.0 Å². The lowest BCUT2D eigenvalue weighted by Gasteiger charge is -2.19. The van der Waals surface area contributed by atoms with Crippen molar-refractivity contribution in [1.82, 2.24) is 10.3 Å². The predicted molar refractivity (Wildman–Crippen MR) is 135 cm³/mol. The fraction of sp³-hybridized carbons (Fsp3) is 0.214. The molecule has 2 unspecified atom stereocenters. The number of allylic oxidation sites excluding steroid dienone is 1. The highest BCUT2D eigenvalue weighted by Crippen LogP contribution is 2.32. The first-order valence-electron chi connectivity index (χ1n) is 11.8. The summed E-state index contributed by atoms with van der Waals surface area (Å²) < 4.78 is 43.5. The molecule has 0 aliphatic heterocycles. The number of aromatic nitrogens is 1. The number of benzene rings is 2. The number of rotatable bonds is 7. The molecule has 0 fully saturated rings. The fourth-order valence-electron chi connectivity index (χ4n) is 4.16. The number of carboxylic acid groups (broad SMARTS) is 1. The molecule has 1 amide bonds. The molecule has 1 aromatic heterocycles. The van der Waals surface area contributed by atoms with Crippen LogP contribution in [-0.2, 0) is 15.7 Å². The maximum atomic E-state index is 13.0. The molecule has 8 nitrogen and oxygen atoms in total. The first kappa shape index (κ1) is 27.5. The number of pyridine rings is 1. The minimum atomic E-state index is -4.49. The molecule has 0 saturated heterocycles. The average molecular weight is 540 g/mol. The molecule has 202 valence electrons. The maximum Gasteiger partial charge on any atom is 0.416 e. The van der Waals surface area contributed by atoms with E-state index in [1.54, 1.807) is 24.3 Å². The lowest BCUT2D eigenvalue weighted by molar-refractivity contribution is -0.142. The molecule has 11 heteroatoms. The minimum absolute atomic E-state index is 0.0808. The molecule has 3 aromatic rings. The van der Waals surface area contributed by atoms with E-state index in [1.807, 2.05) is 0 Å². The van der Waals surface area contributed by atoms with Crippen molar-refractivity contribution in [3.63, 3.8) is 0 Å². The summed E-state index contributed by atoms with van der Waals surface area (Å²) in [5.74, 6) is -2.87. The van der Waals surface area contributed by atoms with E-state index in [0.29, 0.717) is 23.1 Å². The molecule has 0 spiro atoms. The number of amides is 1. The monoisotopic (exact) mass is 540 g/mol. The standard InChI is InChI=1S/C28H23F3N2O6/c1-39-27(38)24(12-15-2-9-19(34)10-3-15)33-25(35)23-14-21(26(36)37)20-13-17(6-11-22(20)32-23)16-4-7-18(8-5-16)28(29,30)31/h2-9,11,13-14,19,24,34H,10,12H2,1H3,(H,33,35)(H,36,37). The van der Waals surface area contributed by atoms with Gasteiger partial charge < -0.3 is 20.3 Å². The molecular weight excluding hydrogens is 517 g/mol. The number of methoxy groups -OCH3 is 1. The lowest BCUT2D eigenvalue weighted by Crippen LogP contribution is -2.42. The number of aliphatic hydroxyl groups is 1. The highest BCUT2D eigenvalue weighted by atomic mass is 19.4. The first-order valence-corrected chi connectivity index (χ1v) is 11.8. The van der Waals surface area contributed by atoms with Crippen molar-refractivity contribution >= 4 is 28.7 Å². The van der Waals surface area contributed by atoms with Crippen molar-refractivity contribution < 1.29 is 42.5 Å². The van der Waals surface area contributed by atoms with E-state index in [9.17, 15) is 37.8 Å². The molecule has 4 rings (SSSR count). The van der Waals surface area contributed by atoms with Gasteiger partial charge in [-0.3, -0.25) is 4.79 Å². The lowest BCUT2D eigenvalue weighted by atomic mass is 9.98. The van der Waals surface area contributed by atoms with Crippen molar-refractivity contribution in [1.29, 1.82) is 0 Å². The summed E-state index contributed by atoms with van der Waals surface area (Å²) in [7, 11) is 1.17. The normalized spacial score (nSPS) is 15.9. The molecular formula is C28H23F3N2O6. The van der Waals surface area contributed by atoms with E-state index in [2.05, 4.69) is 10.3 Å². The SMILES string of the molecule is COC(=O)C(CC1=CCC(O)C=C1)NC(=O)c1cc(C(=O)O)c2cc(-c3ccc(C(F)(F)F)cc3)ccc2n1. The molecule has 2 atom stereocenters. The Balaban J connectivity index is 1.64. The number of nitrogens with one attached hydrogen (secondary N) is 1. The number of hydrogen-bond donors (Lipinski definition) is 3. The van der Waals surface area contributed by atoms with Gasteiger partial charge in [-0.05, 0) is 53.5 Å². The molecule has 39 heavy (non-hydrogen) atoms. The zero-order valence-corrected chi connectivity index (χ0v) is 20.5. The predicted octanol–water partition coefficient (Wildman–Crippen LogP) is 4.53. The molecule has 3 N–H and O–H groups in total. The summed E-state index contributed by atoms with van der Waals surface area (Å²) in [5.41, 5.74) is 0.445. The number of esters is 1. The number of alkyl halides is 3. The molecule has 1 aliphatic rings. The van der Waals surface area contributed by atoms with E-state index < -0.39 is 41.7 Å². The van der Waals surface area contributed by atoms with Crippen LogP contribution in [0, 0.1) is 0 Å². The zero-order chi connectivity index (χ0) is 28.3. The number of carbonyl (C=O) groups excluding carboxylic acids is 2. The summed E-state index contributed by atoms with van der Waals surface area (Å²) in [6.07, 6.45) is 0.260. The van der Waals surface area contributed by atoms with Gasteiger partial charge in [-0.2, -0.15) is 13.2 Å². The number of halogens is 3. The van der Waals surface area contributed by atoms with Gasteiger partial charge in [-0.1, -0.05) is 36.4 Å². The second kappa shape index (κ2) is 11.1. The highest BCUT2D eigenvalue weighted by Gasteiger charge is 2.30. The van der Waals surface area contributed by atoms with Crippen LogP contribution in [0.3, 0.4) is 0 Å². The third-order valence-corrected chi connectivity index (χ3v) is 6.20. The number of fused-ring (bicyclic) bond motifs is 1. The fourth-order valence-corrected chi connectivity index (χ4v) is 4.16. The number of nitrogens with zero attached hydrogens (tertiary/aromatic N) is 1. The summed E-state index contributed by atoms with van der Waals surface area (Å²) in [5, 5.41) is 22.1. The van der Waals surface area contributed by atoms with Crippen LogP contribution in [0.5, 0.6) is 0 Å². The molecule has 1 aliphatic carbocycles. The first-order chi connectivity index (χ1) is 18.5. The van der Waals surface area contributed by atoms with Gasteiger partial charge in [-0.25, -0.2) is 14.6 Å². The Morgan fingerprint density at radius 1 is 1.10 bits per heavy atom. The quantitative estimate of drug-likeness (QED) is 0.376. The van der Waals surface area contributed by atoms with Crippen LogP contribution in [0.4, 0.5) is 13.2 Å². The Bertz CT molecular complexity index is 1500.